The minimum Gasteiger partial charge on any atom is -0.545 e. The number of rotatable bonds is 6. The normalized spacial score (nSPS) is 19.1. The summed E-state index contributed by atoms with van der Waals surface area (Å²) in [6, 6.07) is 5.90. The Balaban J connectivity index is 2.00. The third-order valence-corrected chi connectivity index (χ3v) is 4.57. The molecule has 1 aliphatic rings. The van der Waals surface area contributed by atoms with Gasteiger partial charge in [-0.05, 0) is 36.6 Å². The highest BCUT2D eigenvalue weighted by Crippen LogP contribution is 2.14. The molecular formula is C14H16NO5S-. The first-order valence-corrected chi connectivity index (χ1v) is 8.06. The number of hydrogen-bond donors (Lipinski definition) is 1. The van der Waals surface area contributed by atoms with Gasteiger partial charge in [0.05, 0.1) is 17.0 Å². The molecule has 1 saturated heterocycles. The van der Waals surface area contributed by atoms with Crippen molar-refractivity contribution in [2.75, 3.05) is 13.2 Å². The molecule has 1 fully saturated rings. The summed E-state index contributed by atoms with van der Waals surface area (Å²) in [4.78, 5) is 10.4. The quantitative estimate of drug-likeness (QED) is 0.741. The second kappa shape index (κ2) is 6.84. The van der Waals surface area contributed by atoms with Crippen molar-refractivity contribution in [3.63, 3.8) is 0 Å². The van der Waals surface area contributed by atoms with Crippen LogP contribution < -0.4 is 9.83 Å². The standard InChI is InChI=1S/C14H17NO5S/c16-14(17)8-5-11-3-6-13(7-4-11)21(18,19)15-10-12-2-1-9-20-12/h3-8,12,15H,1-2,9-10H2,(H,16,17)/p-1/b8-5+/t12-/m0/s1. The Morgan fingerprint density at radius 2 is 2.10 bits per heavy atom. The highest BCUT2D eigenvalue weighted by Gasteiger charge is 2.19. The summed E-state index contributed by atoms with van der Waals surface area (Å²) in [7, 11) is -3.58. The molecule has 7 heteroatoms. The minimum atomic E-state index is -3.58. The van der Waals surface area contributed by atoms with E-state index >= 15 is 0 Å². The van der Waals surface area contributed by atoms with Crippen LogP contribution in [0, 0.1) is 0 Å². The van der Waals surface area contributed by atoms with Crippen LogP contribution in [-0.2, 0) is 19.6 Å². The highest BCUT2D eigenvalue weighted by atomic mass is 32.2. The van der Waals surface area contributed by atoms with Crippen LogP contribution in [0.3, 0.4) is 0 Å². The number of carbonyl (C=O) groups is 1. The van der Waals surface area contributed by atoms with Gasteiger partial charge in [0.1, 0.15) is 0 Å². The molecule has 0 aromatic heterocycles. The predicted octanol–water partition coefficient (Wildman–Crippen LogP) is -0.0930. The van der Waals surface area contributed by atoms with E-state index in [9.17, 15) is 18.3 Å². The van der Waals surface area contributed by atoms with Gasteiger partial charge in [0.2, 0.25) is 10.0 Å². The van der Waals surface area contributed by atoms with Crippen LogP contribution in [0.15, 0.2) is 35.2 Å². The second-order valence-electron chi connectivity index (χ2n) is 4.71. The van der Waals surface area contributed by atoms with Crippen LogP contribution >= 0.6 is 0 Å². The number of hydrogen-bond acceptors (Lipinski definition) is 5. The van der Waals surface area contributed by atoms with Gasteiger partial charge in [0.15, 0.2) is 0 Å². The first kappa shape index (κ1) is 15.7. The van der Waals surface area contributed by atoms with Gasteiger partial charge in [0, 0.05) is 13.2 Å². The van der Waals surface area contributed by atoms with Crippen LogP contribution in [0.1, 0.15) is 18.4 Å². The van der Waals surface area contributed by atoms with Crippen molar-refractivity contribution in [1.82, 2.24) is 4.72 Å². The van der Waals surface area contributed by atoms with E-state index < -0.39 is 16.0 Å². The van der Waals surface area contributed by atoms with Crippen molar-refractivity contribution in [2.45, 2.75) is 23.8 Å². The molecule has 0 unspecified atom stereocenters. The van der Waals surface area contributed by atoms with Gasteiger partial charge < -0.3 is 14.6 Å². The molecule has 114 valence electrons. The van der Waals surface area contributed by atoms with Crippen LogP contribution in [0.5, 0.6) is 0 Å². The van der Waals surface area contributed by atoms with E-state index in [0.29, 0.717) is 12.2 Å². The topological polar surface area (TPSA) is 95.5 Å². The van der Waals surface area contributed by atoms with Gasteiger partial charge in [-0.25, -0.2) is 13.1 Å². The predicted molar refractivity (Wildman–Crippen MR) is 74.6 cm³/mol. The molecule has 1 aromatic carbocycles. The highest BCUT2D eigenvalue weighted by molar-refractivity contribution is 7.89. The number of sulfonamides is 1. The first-order chi connectivity index (χ1) is 9.97. The molecule has 1 N–H and O–H groups in total. The van der Waals surface area contributed by atoms with Gasteiger partial charge >= 0.3 is 0 Å². The van der Waals surface area contributed by atoms with E-state index in [-0.39, 0.29) is 17.5 Å². The summed E-state index contributed by atoms with van der Waals surface area (Å²) in [5, 5.41) is 10.3. The molecule has 1 aliphatic heterocycles. The molecule has 0 radical (unpaired) electrons. The fraction of sp³-hybridized carbons (Fsp3) is 0.357. The SMILES string of the molecule is O=C([O-])/C=C/c1ccc(S(=O)(=O)NC[C@@H]2CCCO2)cc1. The molecule has 0 aliphatic carbocycles. The van der Waals surface area contributed by atoms with Crippen molar-refractivity contribution in [2.24, 2.45) is 0 Å². The van der Waals surface area contributed by atoms with Crippen molar-refractivity contribution >= 4 is 22.1 Å². The summed E-state index contributed by atoms with van der Waals surface area (Å²) in [5.41, 5.74) is 0.581. The summed E-state index contributed by atoms with van der Waals surface area (Å²) < 4.78 is 32.0. The van der Waals surface area contributed by atoms with Crippen LogP contribution in [0.25, 0.3) is 6.08 Å². The van der Waals surface area contributed by atoms with Gasteiger partial charge in [0.25, 0.3) is 0 Å². The number of nitrogens with one attached hydrogen (secondary N) is 1. The zero-order chi connectivity index (χ0) is 15.3. The number of benzene rings is 1. The summed E-state index contributed by atoms with van der Waals surface area (Å²) >= 11 is 0. The average Bonchev–Trinajstić information content (AvgIpc) is 2.97. The largest absolute Gasteiger partial charge is 0.545 e. The molecule has 0 saturated carbocycles. The zero-order valence-corrected chi connectivity index (χ0v) is 12.1. The van der Waals surface area contributed by atoms with E-state index in [1.165, 1.54) is 30.3 Å². The Kier molecular flexibility index (Phi) is 5.11. The molecule has 6 nitrogen and oxygen atoms in total. The van der Waals surface area contributed by atoms with E-state index in [1.54, 1.807) is 0 Å². The zero-order valence-electron chi connectivity index (χ0n) is 11.3. The second-order valence-corrected chi connectivity index (χ2v) is 6.48. The maximum Gasteiger partial charge on any atom is 0.240 e. The fourth-order valence-corrected chi connectivity index (χ4v) is 3.08. The Morgan fingerprint density at radius 3 is 2.67 bits per heavy atom. The van der Waals surface area contributed by atoms with Crippen LogP contribution in [0.4, 0.5) is 0 Å². The van der Waals surface area contributed by atoms with Crippen molar-refractivity contribution in [3.8, 4) is 0 Å². The Hall–Kier alpha value is -1.70. The molecule has 1 aromatic rings. The minimum absolute atomic E-state index is 0.0648. The molecule has 0 bridgehead atoms. The number of carboxylic acid groups (broad SMARTS) is 1. The third-order valence-electron chi connectivity index (χ3n) is 3.13. The van der Waals surface area contributed by atoms with Crippen LogP contribution in [-0.4, -0.2) is 33.6 Å². The van der Waals surface area contributed by atoms with E-state index in [0.717, 1.165) is 18.9 Å². The summed E-state index contributed by atoms with van der Waals surface area (Å²) in [6.45, 7) is 0.931. The van der Waals surface area contributed by atoms with Crippen molar-refractivity contribution < 1.29 is 23.1 Å². The molecule has 1 atom stereocenters. The average molecular weight is 310 g/mol. The van der Waals surface area contributed by atoms with E-state index in [2.05, 4.69) is 4.72 Å². The van der Waals surface area contributed by atoms with Gasteiger partial charge in [-0.3, -0.25) is 0 Å². The lowest BCUT2D eigenvalue weighted by Crippen LogP contribution is -2.31. The van der Waals surface area contributed by atoms with Gasteiger partial charge in [-0.2, -0.15) is 0 Å². The maximum atomic E-state index is 12.1. The lowest BCUT2D eigenvalue weighted by molar-refractivity contribution is -0.297. The molecule has 2 rings (SSSR count). The van der Waals surface area contributed by atoms with Gasteiger partial charge in [-0.15, -0.1) is 0 Å². The Labute approximate surface area is 123 Å². The Bertz CT molecular complexity index is 615. The molecule has 21 heavy (non-hydrogen) atoms. The van der Waals surface area contributed by atoms with Crippen molar-refractivity contribution in [1.29, 1.82) is 0 Å². The molecular weight excluding hydrogens is 294 g/mol. The van der Waals surface area contributed by atoms with E-state index in [1.807, 2.05) is 0 Å². The fourth-order valence-electron chi connectivity index (χ4n) is 2.01. The van der Waals surface area contributed by atoms with Crippen molar-refractivity contribution in [3.05, 3.63) is 35.9 Å². The smallest absolute Gasteiger partial charge is 0.240 e. The number of aliphatic carboxylic acids is 1. The summed E-state index contributed by atoms with van der Waals surface area (Å²) in [5.74, 6) is -1.30. The number of ether oxygens (including phenoxy) is 1. The lowest BCUT2D eigenvalue weighted by Gasteiger charge is -2.11. The van der Waals surface area contributed by atoms with Gasteiger partial charge in [-0.1, -0.05) is 18.2 Å². The molecule has 1 heterocycles. The maximum absolute atomic E-state index is 12.1. The first-order valence-electron chi connectivity index (χ1n) is 6.58. The van der Waals surface area contributed by atoms with Crippen LogP contribution in [0.2, 0.25) is 0 Å². The molecule has 0 spiro atoms. The lowest BCUT2D eigenvalue weighted by atomic mass is 10.2. The summed E-state index contributed by atoms with van der Waals surface area (Å²) in [6.07, 6.45) is 3.97. The number of carboxylic acids is 1. The number of carbonyl (C=O) groups excluding carboxylic acids is 1. The Morgan fingerprint density at radius 1 is 1.38 bits per heavy atom. The monoisotopic (exact) mass is 310 g/mol. The molecule has 0 amide bonds. The third kappa shape index (κ3) is 4.66. The van der Waals surface area contributed by atoms with E-state index in [4.69, 9.17) is 4.74 Å².